The highest BCUT2D eigenvalue weighted by Crippen LogP contribution is 1.73. The zero-order valence-corrected chi connectivity index (χ0v) is 8.38. The summed E-state index contributed by atoms with van der Waals surface area (Å²) in [5.74, 6) is -0.423. The molecule has 0 aromatic rings. The Balaban J connectivity index is 2.96. The van der Waals surface area contributed by atoms with Gasteiger partial charge in [-0.05, 0) is 14.1 Å². The second-order valence-corrected chi connectivity index (χ2v) is 3.07. The fraction of sp³-hybridized carbons (Fsp3) is 0.875. The van der Waals surface area contributed by atoms with Gasteiger partial charge in [0, 0.05) is 19.6 Å². The molecule has 5 heteroatoms. The first-order valence-electron chi connectivity index (χ1n) is 4.34. The molecule has 0 saturated heterocycles. The molecule has 0 aliphatic rings. The molecule has 13 heavy (non-hydrogen) atoms. The predicted molar refractivity (Wildman–Crippen MR) is 51.4 cm³/mol. The van der Waals surface area contributed by atoms with Crippen LogP contribution in [0.2, 0.25) is 0 Å². The Morgan fingerprint density at radius 1 is 1.46 bits per heavy atom. The lowest BCUT2D eigenvalue weighted by molar-refractivity contribution is -0.122. The summed E-state index contributed by atoms with van der Waals surface area (Å²) in [7, 11) is 4.04. The Hall–Kier alpha value is -0.650. The Morgan fingerprint density at radius 3 is 2.69 bits per heavy atom. The van der Waals surface area contributed by atoms with E-state index in [9.17, 15) is 4.79 Å². The van der Waals surface area contributed by atoms with Crippen molar-refractivity contribution in [1.82, 2.24) is 10.2 Å². The van der Waals surface area contributed by atoms with Gasteiger partial charge in [0.1, 0.15) is 6.61 Å². The fourth-order valence-electron chi connectivity index (χ4n) is 0.745. The van der Waals surface area contributed by atoms with Gasteiger partial charge in [0.2, 0.25) is 5.91 Å². The monoisotopic (exact) mass is 189 g/mol. The van der Waals surface area contributed by atoms with E-state index in [1.54, 1.807) is 0 Å². The van der Waals surface area contributed by atoms with Gasteiger partial charge < -0.3 is 20.7 Å². The van der Waals surface area contributed by atoms with Crippen LogP contribution in [-0.4, -0.2) is 57.8 Å². The van der Waals surface area contributed by atoms with Crippen LogP contribution in [0, 0.1) is 0 Å². The molecule has 78 valence electrons. The number of rotatable bonds is 8. The minimum Gasteiger partial charge on any atom is -0.370 e. The first-order valence-corrected chi connectivity index (χ1v) is 4.34. The molecule has 0 atom stereocenters. The molecule has 0 aliphatic carbocycles. The summed E-state index contributed by atoms with van der Waals surface area (Å²) in [5.41, 5.74) is 4.88. The average Bonchev–Trinajstić information content (AvgIpc) is 2.01. The molecule has 0 bridgehead atoms. The Labute approximate surface area is 79.2 Å². The van der Waals surface area contributed by atoms with Crippen LogP contribution in [0.4, 0.5) is 0 Å². The standard InChI is InChI=1S/C8H19N3O2/c1-11(2)5-3-10-4-6-13-7-8(9)12/h10H,3-7H2,1-2H3,(H2,9,12). The van der Waals surface area contributed by atoms with E-state index in [4.69, 9.17) is 10.5 Å². The maximum atomic E-state index is 10.2. The molecule has 0 spiro atoms. The van der Waals surface area contributed by atoms with Crippen LogP contribution in [0.1, 0.15) is 0 Å². The molecule has 0 saturated carbocycles. The minimum absolute atomic E-state index is 0.00929. The number of hydrogen-bond donors (Lipinski definition) is 2. The van der Waals surface area contributed by atoms with Gasteiger partial charge in [0.25, 0.3) is 0 Å². The molecule has 0 radical (unpaired) electrons. The molecule has 0 unspecified atom stereocenters. The molecule has 1 amide bonds. The van der Waals surface area contributed by atoms with Crippen molar-refractivity contribution in [2.45, 2.75) is 0 Å². The number of carbonyl (C=O) groups is 1. The third-order valence-corrected chi connectivity index (χ3v) is 1.40. The van der Waals surface area contributed by atoms with Gasteiger partial charge >= 0.3 is 0 Å². The van der Waals surface area contributed by atoms with Crippen molar-refractivity contribution in [2.75, 3.05) is 46.9 Å². The number of primary amides is 1. The fourth-order valence-corrected chi connectivity index (χ4v) is 0.745. The lowest BCUT2D eigenvalue weighted by Crippen LogP contribution is -2.29. The van der Waals surface area contributed by atoms with Gasteiger partial charge in [-0.3, -0.25) is 4.79 Å². The van der Waals surface area contributed by atoms with Gasteiger partial charge in [-0.1, -0.05) is 0 Å². The Kier molecular flexibility index (Phi) is 7.57. The highest BCUT2D eigenvalue weighted by atomic mass is 16.5. The second-order valence-electron chi connectivity index (χ2n) is 3.07. The highest BCUT2D eigenvalue weighted by molar-refractivity contribution is 5.74. The normalized spacial score (nSPS) is 10.7. The lowest BCUT2D eigenvalue weighted by atomic mass is 10.5. The van der Waals surface area contributed by atoms with Crippen LogP contribution in [0.3, 0.4) is 0 Å². The van der Waals surface area contributed by atoms with Crippen LogP contribution in [0.25, 0.3) is 0 Å². The number of ether oxygens (including phenoxy) is 1. The maximum Gasteiger partial charge on any atom is 0.243 e. The smallest absolute Gasteiger partial charge is 0.243 e. The third kappa shape index (κ3) is 11.3. The van der Waals surface area contributed by atoms with Gasteiger partial charge in [0.15, 0.2) is 0 Å². The SMILES string of the molecule is CN(C)CCNCCOCC(N)=O. The van der Waals surface area contributed by atoms with Crippen molar-refractivity contribution in [2.24, 2.45) is 5.73 Å². The Bertz CT molecular complexity index is 139. The van der Waals surface area contributed by atoms with Crippen LogP contribution < -0.4 is 11.1 Å². The summed E-state index contributed by atoms with van der Waals surface area (Å²) in [4.78, 5) is 12.3. The quantitative estimate of drug-likeness (QED) is 0.463. The molecule has 5 nitrogen and oxygen atoms in total. The van der Waals surface area contributed by atoms with Crippen molar-refractivity contribution in [3.63, 3.8) is 0 Å². The zero-order valence-electron chi connectivity index (χ0n) is 8.38. The van der Waals surface area contributed by atoms with Gasteiger partial charge in [-0.2, -0.15) is 0 Å². The van der Waals surface area contributed by atoms with E-state index in [1.165, 1.54) is 0 Å². The summed E-state index contributed by atoms with van der Waals surface area (Å²) in [6.45, 7) is 3.20. The van der Waals surface area contributed by atoms with Crippen LogP contribution >= 0.6 is 0 Å². The first kappa shape index (κ1) is 12.3. The van der Waals surface area contributed by atoms with Crippen molar-refractivity contribution >= 4 is 5.91 Å². The van der Waals surface area contributed by atoms with E-state index in [-0.39, 0.29) is 6.61 Å². The second kappa shape index (κ2) is 7.97. The topological polar surface area (TPSA) is 67.6 Å². The van der Waals surface area contributed by atoms with Crippen molar-refractivity contribution in [1.29, 1.82) is 0 Å². The van der Waals surface area contributed by atoms with E-state index >= 15 is 0 Å². The molecule has 0 heterocycles. The van der Waals surface area contributed by atoms with Crippen LogP contribution in [0.5, 0.6) is 0 Å². The van der Waals surface area contributed by atoms with Crippen LogP contribution in [-0.2, 0) is 9.53 Å². The highest BCUT2D eigenvalue weighted by Gasteiger charge is 1.93. The predicted octanol–water partition coefficient (Wildman–Crippen LogP) is -1.36. The van der Waals surface area contributed by atoms with Crippen molar-refractivity contribution < 1.29 is 9.53 Å². The number of carbonyl (C=O) groups excluding carboxylic acids is 1. The molecule has 0 aromatic heterocycles. The molecular weight excluding hydrogens is 170 g/mol. The van der Waals surface area contributed by atoms with E-state index < -0.39 is 5.91 Å². The molecule has 0 rings (SSSR count). The molecular formula is C8H19N3O2. The minimum atomic E-state index is -0.423. The summed E-state index contributed by atoms with van der Waals surface area (Å²) in [6, 6.07) is 0. The lowest BCUT2D eigenvalue weighted by Gasteiger charge is -2.09. The van der Waals surface area contributed by atoms with Gasteiger partial charge in [-0.15, -0.1) is 0 Å². The average molecular weight is 189 g/mol. The molecule has 0 aromatic carbocycles. The molecule has 0 fully saturated rings. The number of likely N-dealkylation sites (N-methyl/N-ethyl adjacent to an activating group) is 1. The first-order chi connectivity index (χ1) is 6.13. The number of hydrogen-bond acceptors (Lipinski definition) is 4. The van der Waals surface area contributed by atoms with E-state index in [2.05, 4.69) is 10.2 Å². The van der Waals surface area contributed by atoms with Crippen molar-refractivity contribution in [3.8, 4) is 0 Å². The van der Waals surface area contributed by atoms with E-state index in [0.717, 1.165) is 19.6 Å². The van der Waals surface area contributed by atoms with Gasteiger partial charge in [-0.25, -0.2) is 0 Å². The molecule has 3 N–H and O–H groups in total. The summed E-state index contributed by atoms with van der Waals surface area (Å²) < 4.78 is 4.95. The van der Waals surface area contributed by atoms with E-state index in [0.29, 0.717) is 6.61 Å². The number of nitrogens with two attached hydrogens (primary N) is 1. The van der Waals surface area contributed by atoms with E-state index in [1.807, 2.05) is 14.1 Å². The Morgan fingerprint density at radius 2 is 2.15 bits per heavy atom. The largest absolute Gasteiger partial charge is 0.370 e. The van der Waals surface area contributed by atoms with Gasteiger partial charge in [0.05, 0.1) is 6.61 Å². The zero-order chi connectivity index (χ0) is 10.1. The summed E-state index contributed by atoms with van der Waals surface area (Å²) in [5, 5.41) is 3.17. The van der Waals surface area contributed by atoms with Crippen molar-refractivity contribution in [3.05, 3.63) is 0 Å². The summed E-state index contributed by atoms with van der Waals surface area (Å²) >= 11 is 0. The molecule has 0 aliphatic heterocycles. The van der Waals surface area contributed by atoms with Crippen LogP contribution in [0.15, 0.2) is 0 Å². The maximum absolute atomic E-state index is 10.2. The number of nitrogens with one attached hydrogen (secondary N) is 1. The number of amides is 1. The number of nitrogens with zero attached hydrogens (tertiary/aromatic N) is 1. The summed E-state index contributed by atoms with van der Waals surface area (Å²) in [6.07, 6.45) is 0. The third-order valence-electron chi connectivity index (χ3n) is 1.40.